The van der Waals surface area contributed by atoms with Gasteiger partial charge in [0.05, 0.1) is 17.9 Å². The highest BCUT2D eigenvalue weighted by Crippen LogP contribution is 2.06. The molecule has 1 amide bonds. The zero-order chi connectivity index (χ0) is 14.4. The van der Waals surface area contributed by atoms with Crippen LogP contribution in [0, 0.1) is 6.92 Å². The molecule has 6 heteroatoms. The van der Waals surface area contributed by atoms with Gasteiger partial charge in [0.1, 0.15) is 0 Å². The zero-order valence-corrected chi connectivity index (χ0v) is 11.7. The van der Waals surface area contributed by atoms with Crippen LogP contribution in [0.2, 0.25) is 0 Å². The monoisotopic (exact) mass is 265 g/mol. The summed E-state index contributed by atoms with van der Waals surface area (Å²) in [4.78, 5) is 23.2. The van der Waals surface area contributed by atoms with E-state index in [1.165, 1.54) is 6.08 Å². The van der Waals surface area contributed by atoms with E-state index >= 15 is 0 Å². The standard InChI is InChI=1S/C13H19N3O3/c1-5-16-8-11(10(4)15-16)13(18)14-9(3)7-12(17)19-6-2/h7-8H,5-6H2,1-4H3,(H,14,18)/b9-7+. The first-order chi connectivity index (χ1) is 8.97. The molecule has 0 saturated heterocycles. The summed E-state index contributed by atoms with van der Waals surface area (Å²) in [6.45, 7) is 8.08. The Hall–Kier alpha value is -2.11. The predicted molar refractivity (Wildman–Crippen MR) is 70.5 cm³/mol. The van der Waals surface area contributed by atoms with Crippen LogP contribution in [-0.2, 0) is 16.1 Å². The Balaban J connectivity index is 2.73. The van der Waals surface area contributed by atoms with Crippen LogP contribution in [-0.4, -0.2) is 28.3 Å². The Bertz CT molecular complexity index is 503. The second kappa shape index (κ2) is 6.72. The number of hydrogen-bond acceptors (Lipinski definition) is 4. The van der Waals surface area contributed by atoms with Crippen molar-refractivity contribution in [1.82, 2.24) is 15.1 Å². The molecule has 1 aromatic heterocycles. The maximum absolute atomic E-state index is 12.0. The van der Waals surface area contributed by atoms with Gasteiger partial charge in [-0.1, -0.05) is 0 Å². The fraction of sp³-hybridized carbons (Fsp3) is 0.462. The molecule has 0 aliphatic rings. The van der Waals surface area contributed by atoms with E-state index in [4.69, 9.17) is 4.74 Å². The highest BCUT2D eigenvalue weighted by molar-refractivity contribution is 5.96. The average Bonchev–Trinajstić information content (AvgIpc) is 2.70. The largest absolute Gasteiger partial charge is 0.463 e. The third-order valence-electron chi connectivity index (χ3n) is 2.45. The van der Waals surface area contributed by atoms with Gasteiger partial charge in [-0.2, -0.15) is 5.10 Å². The third kappa shape index (κ3) is 4.24. The lowest BCUT2D eigenvalue weighted by atomic mass is 10.2. The SMILES string of the molecule is CCOC(=O)/C=C(\C)NC(=O)c1cn(CC)nc1C. The van der Waals surface area contributed by atoms with Gasteiger partial charge >= 0.3 is 5.97 Å². The maximum atomic E-state index is 12.0. The van der Waals surface area contributed by atoms with Crippen molar-refractivity contribution in [3.8, 4) is 0 Å². The number of hydrogen-bond donors (Lipinski definition) is 1. The van der Waals surface area contributed by atoms with Crippen LogP contribution in [0.3, 0.4) is 0 Å². The highest BCUT2D eigenvalue weighted by Gasteiger charge is 2.13. The van der Waals surface area contributed by atoms with Gasteiger partial charge < -0.3 is 10.1 Å². The normalized spacial score (nSPS) is 11.3. The Morgan fingerprint density at radius 2 is 2.16 bits per heavy atom. The molecular weight excluding hydrogens is 246 g/mol. The number of nitrogens with zero attached hydrogens (tertiary/aromatic N) is 2. The molecule has 19 heavy (non-hydrogen) atoms. The van der Waals surface area contributed by atoms with E-state index in [1.54, 1.807) is 31.6 Å². The number of rotatable bonds is 5. The summed E-state index contributed by atoms with van der Waals surface area (Å²) in [5, 5.41) is 6.82. The Morgan fingerprint density at radius 3 is 2.68 bits per heavy atom. The molecule has 104 valence electrons. The molecule has 0 aliphatic heterocycles. The van der Waals surface area contributed by atoms with Gasteiger partial charge in [0, 0.05) is 24.5 Å². The molecule has 6 nitrogen and oxygen atoms in total. The molecule has 0 radical (unpaired) electrons. The lowest BCUT2D eigenvalue weighted by Gasteiger charge is -2.04. The van der Waals surface area contributed by atoms with Gasteiger partial charge in [0.25, 0.3) is 5.91 Å². The summed E-state index contributed by atoms with van der Waals surface area (Å²) < 4.78 is 6.45. The molecule has 0 aromatic carbocycles. The minimum Gasteiger partial charge on any atom is -0.463 e. The fourth-order valence-electron chi connectivity index (χ4n) is 1.55. The Morgan fingerprint density at radius 1 is 1.47 bits per heavy atom. The lowest BCUT2D eigenvalue weighted by Crippen LogP contribution is -2.22. The third-order valence-corrected chi connectivity index (χ3v) is 2.45. The molecule has 0 unspecified atom stereocenters. The van der Waals surface area contributed by atoms with Crippen molar-refractivity contribution < 1.29 is 14.3 Å². The van der Waals surface area contributed by atoms with Gasteiger partial charge in [0.15, 0.2) is 0 Å². The highest BCUT2D eigenvalue weighted by atomic mass is 16.5. The van der Waals surface area contributed by atoms with Crippen molar-refractivity contribution in [2.24, 2.45) is 0 Å². The Labute approximate surface area is 112 Å². The molecule has 0 bridgehead atoms. The molecule has 0 spiro atoms. The summed E-state index contributed by atoms with van der Waals surface area (Å²) in [6, 6.07) is 0. The van der Waals surface area contributed by atoms with Crippen molar-refractivity contribution >= 4 is 11.9 Å². The number of ether oxygens (including phenoxy) is 1. The first-order valence-corrected chi connectivity index (χ1v) is 6.18. The van der Waals surface area contributed by atoms with Crippen LogP contribution < -0.4 is 5.32 Å². The smallest absolute Gasteiger partial charge is 0.332 e. The summed E-state index contributed by atoms with van der Waals surface area (Å²) in [6.07, 6.45) is 2.93. The minimum absolute atomic E-state index is 0.282. The number of aryl methyl sites for hydroxylation is 2. The van der Waals surface area contributed by atoms with Crippen LogP contribution >= 0.6 is 0 Å². The average molecular weight is 265 g/mol. The molecule has 1 aromatic rings. The molecule has 0 aliphatic carbocycles. The maximum Gasteiger partial charge on any atom is 0.332 e. The molecule has 0 saturated carbocycles. The van der Waals surface area contributed by atoms with E-state index in [9.17, 15) is 9.59 Å². The summed E-state index contributed by atoms with van der Waals surface area (Å²) in [5.41, 5.74) is 1.59. The Kier molecular flexibility index (Phi) is 5.29. The van der Waals surface area contributed by atoms with Crippen LogP contribution in [0.1, 0.15) is 36.8 Å². The summed E-state index contributed by atoms with van der Waals surface area (Å²) in [5.74, 6) is -0.753. The van der Waals surface area contributed by atoms with Crippen molar-refractivity contribution in [2.45, 2.75) is 34.2 Å². The van der Waals surface area contributed by atoms with Gasteiger partial charge in [-0.25, -0.2) is 4.79 Å². The number of aromatic nitrogens is 2. The first-order valence-electron chi connectivity index (χ1n) is 6.18. The number of amides is 1. The van der Waals surface area contributed by atoms with E-state index in [0.717, 1.165) is 0 Å². The first kappa shape index (κ1) is 14.9. The summed E-state index contributed by atoms with van der Waals surface area (Å²) >= 11 is 0. The minimum atomic E-state index is -0.471. The van der Waals surface area contributed by atoms with E-state index in [1.807, 2.05) is 6.92 Å². The van der Waals surface area contributed by atoms with Crippen molar-refractivity contribution in [1.29, 1.82) is 0 Å². The topological polar surface area (TPSA) is 73.2 Å². The summed E-state index contributed by atoms with van der Waals surface area (Å²) in [7, 11) is 0. The number of nitrogens with one attached hydrogen (secondary N) is 1. The van der Waals surface area contributed by atoms with Crippen molar-refractivity contribution in [2.75, 3.05) is 6.61 Å². The van der Waals surface area contributed by atoms with E-state index < -0.39 is 5.97 Å². The number of carbonyl (C=O) groups is 2. The van der Waals surface area contributed by atoms with E-state index in [-0.39, 0.29) is 5.91 Å². The molecular formula is C13H19N3O3. The van der Waals surface area contributed by atoms with Crippen molar-refractivity contribution in [3.63, 3.8) is 0 Å². The molecule has 0 fully saturated rings. The molecule has 1 heterocycles. The molecule has 1 N–H and O–H groups in total. The number of carbonyl (C=O) groups excluding carboxylic acids is 2. The van der Waals surface area contributed by atoms with Crippen LogP contribution in [0.15, 0.2) is 18.0 Å². The number of allylic oxidation sites excluding steroid dienone is 1. The predicted octanol–water partition coefficient (Wildman–Crippen LogP) is 1.41. The fourth-order valence-corrected chi connectivity index (χ4v) is 1.55. The van der Waals surface area contributed by atoms with Crippen molar-refractivity contribution in [3.05, 3.63) is 29.2 Å². The molecule has 0 atom stereocenters. The van der Waals surface area contributed by atoms with E-state index in [2.05, 4.69) is 10.4 Å². The zero-order valence-electron chi connectivity index (χ0n) is 11.7. The second-order valence-electron chi connectivity index (χ2n) is 4.02. The number of esters is 1. The quantitative estimate of drug-likeness (QED) is 0.645. The van der Waals surface area contributed by atoms with Crippen LogP contribution in [0.5, 0.6) is 0 Å². The molecule has 1 rings (SSSR count). The second-order valence-corrected chi connectivity index (χ2v) is 4.02. The lowest BCUT2D eigenvalue weighted by molar-refractivity contribution is -0.137. The van der Waals surface area contributed by atoms with Crippen LogP contribution in [0.25, 0.3) is 0 Å². The van der Waals surface area contributed by atoms with Gasteiger partial charge in [0.2, 0.25) is 0 Å². The van der Waals surface area contributed by atoms with Gasteiger partial charge in [-0.15, -0.1) is 0 Å². The van der Waals surface area contributed by atoms with E-state index in [0.29, 0.717) is 30.1 Å². The van der Waals surface area contributed by atoms with Crippen LogP contribution in [0.4, 0.5) is 0 Å². The van der Waals surface area contributed by atoms with Gasteiger partial charge in [-0.3, -0.25) is 9.48 Å². The van der Waals surface area contributed by atoms with Gasteiger partial charge in [-0.05, 0) is 27.7 Å².